The molecule has 0 aromatic rings. The summed E-state index contributed by atoms with van der Waals surface area (Å²) in [5.74, 6) is -1.30. The number of alkyl halides is 3. The maximum absolute atomic E-state index is 13.4. The fourth-order valence-electron chi connectivity index (χ4n) is 6.74. The molecule has 3 saturated carbocycles. The lowest BCUT2D eigenvalue weighted by atomic mass is 9.85. The van der Waals surface area contributed by atoms with Gasteiger partial charge in [-0.2, -0.15) is 13.2 Å². The van der Waals surface area contributed by atoms with E-state index < -0.39 is 62.1 Å². The topological polar surface area (TPSA) is 162 Å². The van der Waals surface area contributed by atoms with Crippen LogP contribution in [0, 0.1) is 5.92 Å². The van der Waals surface area contributed by atoms with Crippen LogP contribution in [0.25, 0.3) is 0 Å². The Morgan fingerprint density at radius 3 is 1.98 bits per heavy atom. The molecule has 1 heterocycles. The number of hydrogen-bond acceptors (Lipinski definition) is 10. The largest absolute Gasteiger partial charge is 0.614 e. The van der Waals surface area contributed by atoms with Crippen molar-refractivity contribution in [3.8, 4) is 0 Å². The average molecular weight is 619 g/mol. The number of nitrogens with one attached hydrogen (secondary N) is 6. The summed E-state index contributed by atoms with van der Waals surface area (Å²) in [5, 5.41) is 15.4. The van der Waals surface area contributed by atoms with E-state index in [0.29, 0.717) is 64.2 Å². The highest BCUT2D eigenvalue weighted by Gasteiger charge is 2.45. The van der Waals surface area contributed by atoms with Crippen molar-refractivity contribution in [1.82, 2.24) is 31.3 Å². The van der Waals surface area contributed by atoms with Crippen LogP contribution < -0.4 is 31.3 Å². The minimum atomic E-state index is -4.19. The predicted octanol–water partition coefficient (Wildman–Crippen LogP) is 1.58. The first-order chi connectivity index (χ1) is 18.7. The summed E-state index contributed by atoms with van der Waals surface area (Å²) in [5.41, 5.74) is 0. The van der Waals surface area contributed by atoms with Gasteiger partial charge in [0.25, 0.3) is 0 Å². The van der Waals surface area contributed by atoms with Crippen LogP contribution in [0.1, 0.15) is 77.0 Å². The van der Waals surface area contributed by atoms with Crippen LogP contribution in [0.4, 0.5) is 13.2 Å². The van der Waals surface area contributed by atoms with E-state index >= 15 is 0 Å². The van der Waals surface area contributed by atoms with Gasteiger partial charge in [-0.25, -0.2) is 0 Å². The first kappa shape index (κ1) is 32.6. The molecule has 3 aliphatic carbocycles. The SMILES string of the molecule is COC1NC(NC2CCC([S+](=O)([O-])C3CCCC(N[S+](C)(=O)[O-])C3)CC2)NC(NC2CCCC(C(F)(F)F)C2)N1. The summed E-state index contributed by atoms with van der Waals surface area (Å²) < 4.78 is 97.9. The van der Waals surface area contributed by atoms with E-state index in [1.807, 2.05) is 0 Å². The normalized spacial score (nSPS) is 41.1. The van der Waals surface area contributed by atoms with Gasteiger partial charge in [0.15, 0.2) is 6.35 Å². The van der Waals surface area contributed by atoms with E-state index in [0.717, 1.165) is 6.26 Å². The molecular formula is C24H45F3N6O5S2. The number of rotatable bonds is 9. The Morgan fingerprint density at radius 2 is 1.38 bits per heavy atom. The molecular weight excluding hydrogens is 573 g/mol. The van der Waals surface area contributed by atoms with Crippen LogP contribution >= 0.6 is 0 Å². The van der Waals surface area contributed by atoms with E-state index in [1.54, 1.807) is 0 Å². The highest BCUT2D eigenvalue weighted by atomic mass is 32.3. The van der Waals surface area contributed by atoms with Gasteiger partial charge in [-0.05, 0) is 64.2 Å². The second-order valence-electron chi connectivity index (χ2n) is 11.9. The molecule has 4 rings (SSSR count). The van der Waals surface area contributed by atoms with Crippen LogP contribution in [0.5, 0.6) is 0 Å². The maximum atomic E-state index is 13.4. The first-order valence-corrected chi connectivity index (χ1v) is 17.8. The van der Waals surface area contributed by atoms with Gasteiger partial charge in [0.2, 0.25) is 0 Å². The molecule has 0 amide bonds. The molecule has 4 fully saturated rings. The number of methoxy groups -OCH3 is 1. The number of halogens is 3. The van der Waals surface area contributed by atoms with Crippen LogP contribution in [0.15, 0.2) is 0 Å². The molecule has 234 valence electrons. The zero-order chi connectivity index (χ0) is 29.1. The molecule has 16 heteroatoms. The van der Waals surface area contributed by atoms with E-state index in [2.05, 4.69) is 31.3 Å². The second-order valence-corrected chi connectivity index (χ2v) is 16.1. The lowest BCUT2D eigenvalue weighted by Crippen LogP contribution is -2.76. The van der Waals surface area contributed by atoms with E-state index in [4.69, 9.17) is 4.74 Å². The summed E-state index contributed by atoms with van der Waals surface area (Å²) in [6.07, 6.45) is 1.42. The van der Waals surface area contributed by atoms with Crippen molar-refractivity contribution in [3.63, 3.8) is 0 Å². The Labute approximate surface area is 237 Å². The first-order valence-electron chi connectivity index (χ1n) is 14.3. The molecule has 6 N–H and O–H groups in total. The zero-order valence-electron chi connectivity index (χ0n) is 23.2. The van der Waals surface area contributed by atoms with Crippen molar-refractivity contribution in [2.75, 3.05) is 13.4 Å². The van der Waals surface area contributed by atoms with Crippen LogP contribution in [0.3, 0.4) is 0 Å². The molecule has 0 radical (unpaired) electrons. The average Bonchev–Trinajstić information content (AvgIpc) is 2.88. The molecule has 0 spiro atoms. The molecule has 9 unspecified atom stereocenters. The quantitative estimate of drug-likeness (QED) is 0.209. The summed E-state index contributed by atoms with van der Waals surface area (Å²) >= 11 is 0. The highest BCUT2D eigenvalue weighted by Crippen LogP contribution is 2.38. The summed E-state index contributed by atoms with van der Waals surface area (Å²) in [6, 6.07) is -0.584. The van der Waals surface area contributed by atoms with Crippen molar-refractivity contribution in [2.45, 2.75) is 131 Å². The highest BCUT2D eigenvalue weighted by molar-refractivity contribution is 7.98. The van der Waals surface area contributed by atoms with E-state index in [9.17, 15) is 30.7 Å². The molecule has 0 aromatic heterocycles. The van der Waals surface area contributed by atoms with Crippen LogP contribution in [-0.2, 0) is 33.8 Å². The number of sulfonamides is 1. The molecule has 40 heavy (non-hydrogen) atoms. The Morgan fingerprint density at radius 1 is 0.775 bits per heavy atom. The number of hydrogen-bond donors (Lipinski definition) is 6. The minimum Gasteiger partial charge on any atom is -0.614 e. The van der Waals surface area contributed by atoms with Crippen molar-refractivity contribution in [2.24, 2.45) is 5.92 Å². The van der Waals surface area contributed by atoms with Gasteiger partial charge in [-0.1, -0.05) is 10.6 Å². The third kappa shape index (κ3) is 9.11. The van der Waals surface area contributed by atoms with Crippen molar-refractivity contribution in [1.29, 1.82) is 0 Å². The molecule has 11 nitrogen and oxygen atoms in total. The van der Waals surface area contributed by atoms with Gasteiger partial charge in [0, 0.05) is 25.6 Å². The van der Waals surface area contributed by atoms with E-state index in [-0.39, 0.29) is 31.0 Å². The van der Waals surface area contributed by atoms with Crippen molar-refractivity contribution < 1.29 is 35.4 Å². The van der Waals surface area contributed by atoms with Gasteiger partial charge in [0.1, 0.15) is 39.7 Å². The fraction of sp³-hybridized carbons (Fsp3) is 1.00. The monoisotopic (exact) mass is 618 g/mol. The lowest BCUT2D eigenvalue weighted by molar-refractivity contribution is -0.184. The second kappa shape index (κ2) is 13.6. The molecule has 0 aromatic carbocycles. The van der Waals surface area contributed by atoms with Crippen LogP contribution in [-0.4, -0.2) is 76.2 Å². The van der Waals surface area contributed by atoms with E-state index in [1.165, 1.54) is 7.11 Å². The Bertz CT molecular complexity index is 922. The van der Waals surface area contributed by atoms with Gasteiger partial charge < -0.3 is 13.8 Å². The zero-order valence-corrected chi connectivity index (χ0v) is 24.8. The summed E-state index contributed by atoms with van der Waals surface area (Å²) in [7, 11) is -5.26. The number of ether oxygens (including phenoxy) is 1. The number of sulfone groups is 1. The Hall–Kier alpha value is -0.270. The minimum absolute atomic E-state index is 0.0388. The Kier molecular flexibility index (Phi) is 11.1. The predicted molar refractivity (Wildman–Crippen MR) is 145 cm³/mol. The molecule has 9 atom stereocenters. The van der Waals surface area contributed by atoms with Gasteiger partial charge in [-0.15, -0.1) is 8.93 Å². The summed E-state index contributed by atoms with van der Waals surface area (Å²) in [6.45, 7) is 0. The molecule has 1 aliphatic heterocycles. The van der Waals surface area contributed by atoms with Crippen molar-refractivity contribution in [3.05, 3.63) is 0 Å². The standard InChI is InChI=1S/C24H45F3N6O5S2/c1-38-23-31-21(30-22(32-23)29-17-6-3-5-15(13-17)24(25,26)27)28-16-9-11-19(12-10-16)40(36,37)20-8-4-7-18(14-20)33-39(2,34)35/h15-23,28-32H,3-14H2,1-2H3,(H-2,33,34,35,36,37). The molecule has 4 aliphatic rings. The van der Waals surface area contributed by atoms with Gasteiger partial charge in [-0.3, -0.25) is 26.6 Å². The summed E-state index contributed by atoms with van der Waals surface area (Å²) in [4.78, 5) is 0. The smallest absolute Gasteiger partial charge is 0.391 e. The lowest BCUT2D eigenvalue weighted by Gasteiger charge is -2.43. The van der Waals surface area contributed by atoms with Gasteiger partial charge in [0.05, 0.1) is 22.2 Å². The third-order valence-electron chi connectivity index (χ3n) is 8.76. The van der Waals surface area contributed by atoms with Gasteiger partial charge >= 0.3 is 6.18 Å². The molecule has 1 saturated heterocycles. The maximum Gasteiger partial charge on any atom is 0.391 e. The van der Waals surface area contributed by atoms with Crippen LogP contribution in [0.2, 0.25) is 0 Å². The fourth-order valence-corrected chi connectivity index (χ4v) is 10.0. The Balaban J connectivity index is 1.26. The molecule has 0 bridgehead atoms. The van der Waals surface area contributed by atoms with Crippen molar-refractivity contribution >= 4 is 20.6 Å². The third-order valence-corrected chi connectivity index (χ3v) is 12.3.